The van der Waals surface area contributed by atoms with Crippen LogP contribution in [-0.2, 0) is 0 Å². The van der Waals surface area contributed by atoms with Crippen molar-refractivity contribution in [1.82, 2.24) is 10.2 Å². The van der Waals surface area contributed by atoms with E-state index in [1.165, 1.54) is 6.07 Å². The number of H-pyrrole nitrogens is 2. The number of nitrogens with zero attached hydrogens (tertiary/aromatic N) is 1. The highest BCUT2D eigenvalue weighted by Crippen LogP contribution is 2.02. The highest BCUT2D eigenvalue weighted by atomic mass is 32.1. The lowest BCUT2D eigenvalue weighted by molar-refractivity contribution is -0.389. The summed E-state index contributed by atoms with van der Waals surface area (Å²) >= 11 is 4.56. The van der Waals surface area contributed by atoms with Gasteiger partial charge in [0.2, 0.25) is 0 Å². The summed E-state index contributed by atoms with van der Waals surface area (Å²) in [6.07, 6.45) is 0. The molecule has 6 heteroatoms. The summed E-state index contributed by atoms with van der Waals surface area (Å²) in [6.45, 7) is 0. The Hall–Kier alpha value is -1.17. The summed E-state index contributed by atoms with van der Waals surface area (Å²) in [4.78, 5) is 9.37. The second kappa shape index (κ2) is 1.98. The van der Waals surface area contributed by atoms with Crippen molar-refractivity contribution >= 4 is 18.0 Å². The maximum Gasteiger partial charge on any atom is 0.342 e. The highest BCUT2D eigenvalue weighted by Gasteiger charge is 2.01. The van der Waals surface area contributed by atoms with Gasteiger partial charge in [-0.05, 0) is 4.92 Å². The Morgan fingerprint density at radius 2 is 2.33 bits per heavy atom. The van der Waals surface area contributed by atoms with E-state index in [0.29, 0.717) is 4.64 Å². The fourth-order valence-electron chi connectivity index (χ4n) is 0.420. The summed E-state index contributed by atoms with van der Waals surface area (Å²) in [7, 11) is 0. The molecule has 48 valence electrons. The lowest BCUT2D eigenvalue weighted by atomic mass is 10.7. The van der Waals surface area contributed by atoms with E-state index in [4.69, 9.17) is 0 Å². The third kappa shape index (κ3) is 1.14. The topological polar surface area (TPSA) is 74.7 Å². The van der Waals surface area contributed by atoms with E-state index in [0.717, 1.165) is 0 Å². The van der Waals surface area contributed by atoms with Crippen molar-refractivity contribution in [3.8, 4) is 0 Å². The van der Waals surface area contributed by atoms with Crippen LogP contribution in [0.2, 0.25) is 0 Å². The first kappa shape index (κ1) is 5.96. The predicted octanol–water partition coefficient (Wildman–Crippen LogP) is 0.980. The Morgan fingerprint density at radius 1 is 1.67 bits per heavy atom. The molecule has 1 heterocycles. The van der Waals surface area contributed by atoms with Gasteiger partial charge in [0.05, 0.1) is 6.07 Å². The van der Waals surface area contributed by atoms with Gasteiger partial charge < -0.3 is 10.1 Å². The number of hydrogen-bond acceptors (Lipinski definition) is 3. The molecule has 2 N–H and O–H groups in total. The van der Waals surface area contributed by atoms with E-state index in [1.54, 1.807) is 0 Å². The van der Waals surface area contributed by atoms with Gasteiger partial charge >= 0.3 is 5.82 Å². The van der Waals surface area contributed by atoms with Crippen LogP contribution in [0.3, 0.4) is 0 Å². The Morgan fingerprint density at radius 3 is 2.56 bits per heavy atom. The molecule has 1 aromatic rings. The zero-order chi connectivity index (χ0) is 6.85. The molecule has 1 aromatic heterocycles. The third-order valence-corrected chi connectivity index (χ3v) is 0.998. The Kier molecular flexibility index (Phi) is 1.31. The second-order valence-corrected chi connectivity index (χ2v) is 1.84. The van der Waals surface area contributed by atoms with Crippen molar-refractivity contribution in [1.29, 1.82) is 0 Å². The summed E-state index contributed by atoms with van der Waals surface area (Å²) in [5, 5.41) is 14.6. The first-order valence-corrected chi connectivity index (χ1v) is 2.53. The van der Waals surface area contributed by atoms with Crippen LogP contribution in [0, 0.1) is 14.8 Å². The molecule has 0 aliphatic carbocycles. The molecular formula is C3H3N3O2S. The van der Waals surface area contributed by atoms with E-state index in [9.17, 15) is 10.1 Å². The smallest absolute Gasteiger partial charge is 0.342 e. The molecule has 0 spiro atoms. The molecule has 0 atom stereocenters. The molecule has 0 saturated carbocycles. The number of aromatic amines is 2. The van der Waals surface area contributed by atoms with Crippen molar-refractivity contribution in [3.05, 3.63) is 20.8 Å². The van der Waals surface area contributed by atoms with Gasteiger partial charge in [-0.3, -0.25) is 0 Å². The van der Waals surface area contributed by atoms with Gasteiger partial charge in [-0.1, -0.05) is 12.2 Å². The second-order valence-electron chi connectivity index (χ2n) is 1.40. The molecule has 0 aliphatic heterocycles. The van der Waals surface area contributed by atoms with Gasteiger partial charge in [0, 0.05) is 0 Å². The van der Waals surface area contributed by atoms with E-state index in [2.05, 4.69) is 22.4 Å². The molecule has 0 aromatic carbocycles. The fourth-order valence-corrected chi connectivity index (χ4v) is 0.583. The summed E-state index contributed by atoms with van der Waals surface area (Å²) in [5.74, 6) is -0.111. The normalized spacial score (nSPS) is 9.33. The van der Waals surface area contributed by atoms with Gasteiger partial charge in [0.25, 0.3) is 0 Å². The Bertz CT molecular complexity index is 275. The zero-order valence-corrected chi connectivity index (χ0v) is 5.07. The quantitative estimate of drug-likeness (QED) is 0.351. The van der Waals surface area contributed by atoms with E-state index in [1.807, 2.05) is 0 Å². The highest BCUT2D eigenvalue weighted by molar-refractivity contribution is 7.71. The molecule has 0 amide bonds. The van der Waals surface area contributed by atoms with Crippen LogP contribution < -0.4 is 0 Å². The van der Waals surface area contributed by atoms with Gasteiger partial charge in [-0.2, -0.15) is 5.10 Å². The molecule has 1 rings (SSSR count). The number of rotatable bonds is 1. The molecular weight excluding hydrogens is 142 g/mol. The van der Waals surface area contributed by atoms with E-state index in [-0.39, 0.29) is 5.82 Å². The molecule has 0 saturated heterocycles. The molecule has 0 aliphatic rings. The van der Waals surface area contributed by atoms with E-state index < -0.39 is 4.92 Å². The zero-order valence-electron chi connectivity index (χ0n) is 4.25. The Labute approximate surface area is 54.8 Å². The van der Waals surface area contributed by atoms with Crippen molar-refractivity contribution in [3.63, 3.8) is 0 Å². The average Bonchev–Trinajstić information content (AvgIpc) is 2.14. The Balaban J connectivity index is 3.12. The van der Waals surface area contributed by atoms with Gasteiger partial charge in [-0.15, -0.1) is 0 Å². The number of nitrogens with one attached hydrogen (secondary N) is 2. The number of hydrogen-bond donors (Lipinski definition) is 2. The standard InChI is InChI=1S/C3H3N3O2S/c7-6(8)2-1-3(9)5-4-2/h1H,(H2,4,5,9). The molecule has 0 bridgehead atoms. The van der Waals surface area contributed by atoms with Crippen LogP contribution in [-0.4, -0.2) is 15.1 Å². The molecule has 0 radical (unpaired) electrons. The van der Waals surface area contributed by atoms with Crippen molar-refractivity contribution < 1.29 is 4.92 Å². The maximum absolute atomic E-state index is 9.92. The average molecular weight is 145 g/mol. The summed E-state index contributed by atoms with van der Waals surface area (Å²) in [5.41, 5.74) is 0. The van der Waals surface area contributed by atoms with Crippen LogP contribution in [0.4, 0.5) is 5.82 Å². The fraction of sp³-hybridized carbons (Fsp3) is 0. The van der Waals surface area contributed by atoms with Crippen LogP contribution >= 0.6 is 12.2 Å². The van der Waals surface area contributed by atoms with Crippen LogP contribution in [0.25, 0.3) is 0 Å². The summed E-state index contributed by atoms with van der Waals surface area (Å²) in [6, 6.07) is 1.25. The monoisotopic (exact) mass is 145 g/mol. The van der Waals surface area contributed by atoms with Gasteiger partial charge in [-0.25, -0.2) is 5.10 Å². The minimum absolute atomic E-state index is 0.111. The predicted molar refractivity (Wildman–Crippen MR) is 32.6 cm³/mol. The maximum atomic E-state index is 9.92. The third-order valence-electron chi connectivity index (χ3n) is 0.778. The lowest BCUT2D eigenvalue weighted by Crippen LogP contribution is -1.86. The van der Waals surface area contributed by atoms with Crippen LogP contribution in [0.5, 0.6) is 0 Å². The van der Waals surface area contributed by atoms with Crippen LogP contribution in [0.15, 0.2) is 6.07 Å². The van der Waals surface area contributed by atoms with Crippen molar-refractivity contribution in [2.75, 3.05) is 0 Å². The number of aromatic nitrogens is 2. The molecule has 0 fully saturated rings. The summed E-state index contributed by atoms with van der Waals surface area (Å²) < 4.78 is 0.335. The SMILES string of the molecule is O=[N+]([O-])c1cc(=S)[nH][nH]1. The van der Waals surface area contributed by atoms with E-state index >= 15 is 0 Å². The minimum Gasteiger partial charge on any atom is -0.358 e. The van der Waals surface area contributed by atoms with Crippen LogP contribution in [0.1, 0.15) is 0 Å². The molecule has 5 nitrogen and oxygen atoms in total. The molecule has 0 unspecified atom stereocenters. The van der Waals surface area contributed by atoms with Crippen molar-refractivity contribution in [2.24, 2.45) is 0 Å². The lowest BCUT2D eigenvalue weighted by Gasteiger charge is -1.83. The largest absolute Gasteiger partial charge is 0.358 e. The minimum atomic E-state index is -0.549. The van der Waals surface area contributed by atoms with Gasteiger partial charge in [0.1, 0.15) is 4.64 Å². The molecule has 9 heavy (non-hydrogen) atoms. The first-order chi connectivity index (χ1) is 4.20. The first-order valence-electron chi connectivity index (χ1n) is 2.12. The van der Waals surface area contributed by atoms with Gasteiger partial charge in [0.15, 0.2) is 0 Å². The van der Waals surface area contributed by atoms with Crippen molar-refractivity contribution in [2.45, 2.75) is 0 Å². The number of nitro groups is 1.